The van der Waals surface area contributed by atoms with Crippen LogP contribution in [0.25, 0.3) is 16.6 Å². The molecule has 0 atom stereocenters. The van der Waals surface area contributed by atoms with Gasteiger partial charge in [0.2, 0.25) is 0 Å². The summed E-state index contributed by atoms with van der Waals surface area (Å²) >= 11 is 0. The Bertz CT molecular complexity index is 973. The van der Waals surface area contributed by atoms with Gasteiger partial charge in [-0.1, -0.05) is 31.2 Å². The molecule has 5 heteroatoms. The Labute approximate surface area is 152 Å². The third-order valence-corrected chi connectivity index (χ3v) is 4.93. The molecule has 1 aliphatic rings. The highest BCUT2D eigenvalue weighted by atomic mass is 16.2. The third kappa shape index (κ3) is 3.08. The van der Waals surface area contributed by atoms with Crippen LogP contribution in [0.3, 0.4) is 0 Å². The molecule has 0 aliphatic carbocycles. The minimum Gasteiger partial charge on any atom is -0.346 e. The zero-order valence-corrected chi connectivity index (χ0v) is 14.8. The summed E-state index contributed by atoms with van der Waals surface area (Å²) in [5.74, 6) is 0. The van der Waals surface area contributed by atoms with Gasteiger partial charge in [-0.25, -0.2) is 9.78 Å². The number of urea groups is 1. The molecular weight excluding hydrogens is 324 g/mol. The number of hydrogen-bond donors (Lipinski definition) is 2. The second kappa shape index (κ2) is 7.04. The molecule has 132 valence electrons. The lowest BCUT2D eigenvalue weighted by Crippen LogP contribution is -2.38. The maximum atomic E-state index is 12.6. The van der Waals surface area contributed by atoms with Gasteiger partial charge in [0.05, 0.1) is 0 Å². The van der Waals surface area contributed by atoms with Crippen molar-refractivity contribution in [1.82, 2.24) is 14.9 Å². The lowest BCUT2D eigenvalue weighted by molar-refractivity contribution is 0.217. The molecule has 2 N–H and O–H groups in total. The first-order chi connectivity index (χ1) is 12.8. The zero-order valence-electron chi connectivity index (χ0n) is 14.8. The van der Waals surface area contributed by atoms with E-state index in [1.54, 1.807) is 6.20 Å². The lowest BCUT2D eigenvalue weighted by atomic mass is 10.00. The van der Waals surface area contributed by atoms with Crippen LogP contribution in [-0.2, 0) is 6.42 Å². The number of pyridine rings is 1. The Balaban J connectivity index is 1.48. The van der Waals surface area contributed by atoms with E-state index >= 15 is 0 Å². The molecule has 26 heavy (non-hydrogen) atoms. The van der Waals surface area contributed by atoms with Crippen molar-refractivity contribution in [1.29, 1.82) is 0 Å². The summed E-state index contributed by atoms with van der Waals surface area (Å²) in [6, 6.07) is 12.0. The first kappa shape index (κ1) is 16.4. The summed E-state index contributed by atoms with van der Waals surface area (Å²) in [6.07, 6.45) is 7.68. The van der Waals surface area contributed by atoms with Crippen molar-refractivity contribution in [2.24, 2.45) is 0 Å². The molecule has 2 amide bonds. The van der Waals surface area contributed by atoms with Crippen LogP contribution >= 0.6 is 0 Å². The number of anilines is 1. The van der Waals surface area contributed by atoms with Gasteiger partial charge in [-0.15, -0.1) is 0 Å². The molecule has 1 aliphatic heterocycles. The monoisotopic (exact) mass is 346 g/mol. The highest BCUT2D eigenvalue weighted by Crippen LogP contribution is 2.28. The van der Waals surface area contributed by atoms with Crippen molar-refractivity contribution in [3.8, 4) is 0 Å². The van der Waals surface area contributed by atoms with E-state index in [0.717, 1.165) is 35.1 Å². The maximum Gasteiger partial charge on any atom is 0.322 e. The molecule has 4 rings (SSSR count). The summed E-state index contributed by atoms with van der Waals surface area (Å²) in [4.78, 5) is 22.0. The van der Waals surface area contributed by atoms with Crippen molar-refractivity contribution in [3.05, 3.63) is 66.0 Å². The molecule has 0 saturated heterocycles. The van der Waals surface area contributed by atoms with Crippen LogP contribution in [0.15, 0.2) is 54.9 Å². The number of nitrogens with one attached hydrogen (secondary N) is 2. The van der Waals surface area contributed by atoms with Crippen LogP contribution in [0.4, 0.5) is 10.5 Å². The summed E-state index contributed by atoms with van der Waals surface area (Å²) in [5, 5.41) is 4.18. The molecule has 0 bridgehead atoms. The molecule has 0 saturated carbocycles. The fourth-order valence-corrected chi connectivity index (χ4v) is 3.46. The Hall–Kier alpha value is -3.08. The number of amides is 2. The van der Waals surface area contributed by atoms with Crippen LogP contribution in [0.5, 0.6) is 0 Å². The van der Waals surface area contributed by atoms with Gasteiger partial charge in [0.15, 0.2) is 0 Å². The van der Waals surface area contributed by atoms with E-state index in [9.17, 15) is 4.79 Å². The number of carbonyl (C=O) groups excluding carboxylic acids is 1. The minimum atomic E-state index is -0.0400. The van der Waals surface area contributed by atoms with Gasteiger partial charge in [0.25, 0.3) is 0 Å². The van der Waals surface area contributed by atoms with Crippen LogP contribution in [-0.4, -0.2) is 34.0 Å². The van der Waals surface area contributed by atoms with Crippen molar-refractivity contribution >= 4 is 28.3 Å². The number of aromatic amines is 1. The van der Waals surface area contributed by atoms with Crippen LogP contribution in [0.1, 0.15) is 24.5 Å². The number of rotatable bonds is 3. The number of hydrogen-bond acceptors (Lipinski definition) is 2. The minimum absolute atomic E-state index is 0.0400. The van der Waals surface area contributed by atoms with Gasteiger partial charge in [0, 0.05) is 42.1 Å². The molecule has 0 spiro atoms. The fourth-order valence-electron chi connectivity index (χ4n) is 3.46. The average molecular weight is 346 g/mol. The van der Waals surface area contributed by atoms with Crippen molar-refractivity contribution in [3.63, 3.8) is 0 Å². The highest BCUT2D eigenvalue weighted by Gasteiger charge is 2.20. The Morgan fingerprint density at radius 3 is 2.96 bits per heavy atom. The van der Waals surface area contributed by atoms with E-state index in [-0.39, 0.29) is 6.03 Å². The van der Waals surface area contributed by atoms with Gasteiger partial charge in [-0.3, -0.25) is 0 Å². The highest BCUT2D eigenvalue weighted by molar-refractivity contribution is 5.93. The van der Waals surface area contributed by atoms with Crippen molar-refractivity contribution in [2.45, 2.75) is 19.8 Å². The standard InChI is InChI=1S/C21H22N4O/c1-2-15-6-3-4-8-19(15)24-21(26)25-12-9-16(10-13-25)18-14-23-20-17(18)7-5-11-22-20/h3-9,11,14H,2,10,12-13H2,1H3,(H,22,23)(H,24,26). The van der Waals surface area contributed by atoms with Crippen LogP contribution < -0.4 is 5.32 Å². The number of carbonyl (C=O) groups is 1. The number of para-hydroxylation sites is 1. The fraction of sp³-hybridized carbons (Fsp3) is 0.238. The zero-order chi connectivity index (χ0) is 17.9. The Morgan fingerprint density at radius 1 is 1.27 bits per heavy atom. The van der Waals surface area contributed by atoms with E-state index < -0.39 is 0 Å². The van der Waals surface area contributed by atoms with Crippen molar-refractivity contribution in [2.75, 3.05) is 18.4 Å². The van der Waals surface area contributed by atoms with Crippen LogP contribution in [0.2, 0.25) is 0 Å². The molecule has 5 nitrogen and oxygen atoms in total. The smallest absolute Gasteiger partial charge is 0.322 e. The number of aromatic nitrogens is 2. The van der Waals surface area contributed by atoms with Gasteiger partial charge >= 0.3 is 6.03 Å². The van der Waals surface area contributed by atoms with Gasteiger partial charge in [0.1, 0.15) is 5.65 Å². The van der Waals surface area contributed by atoms with E-state index in [1.165, 1.54) is 11.1 Å². The largest absolute Gasteiger partial charge is 0.346 e. The second-order valence-electron chi connectivity index (χ2n) is 6.47. The first-order valence-electron chi connectivity index (χ1n) is 9.01. The summed E-state index contributed by atoms with van der Waals surface area (Å²) in [5.41, 5.74) is 5.41. The number of aryl methyl sites for hydroxylation is 1. The predicted octanol–water partition coefficient (Wildman–Crippen LogP) is 4.45. The molecule has 0 radical (unpaired) electrons. The first-order valence-corrected chi connectivity index (χ1v) is 9.01. The molecule has 0 fully saturated rings. The Morgan fingerprint density at radius 2 is 2.15 bits per heavy atom. The predicted molar refractivity (Wildman–Crippen MR) is 105 cm³/mol. The molecular formula is C21H22N4O. The van der Waals surface area contributed by atoms with Gasteiger partial charge in [-0.05, 0) is 42.2 Å². The van der Waals surface area contributed by atoms with Gasteiger partial charge < -0.3 is 15.2 Å². The summed E-state index contributed by atoms with van der Waals surface area (Å²) < 4.78 is 0. The van der Waals surface area contributed by atoms with Gasteiger partial charge in [-0.2, -0.15) is 0 Å². The van der Waals surface area contributed by atoms with E-state index in [0.29, 0.717) is 13.1 Å². The SMILES string of the molecule is CCc1ccccc1NC(=O)N1CC=C(c2c[nH]c3ncccc23)CC1. The molecule has 2 aromatic heterocycles. The number of fused-ring (bicyclic) bond motifs is 1. The third-order valence-electron chi connectivity index (χ3n) is 4.93. The molecule has 1 aromatic carbocycles. The molecule has 3 aromatic rings. The number of H-pyrrole nitrogens is 1. The number of nitrogens with zero attached hydrogens (tertiary/aromatic N) is 2. The topological polar surface area (TPSA) is 61.0 Å². The van der Waals surface area contributed by atoms with E-state index in [1.807, 2.05) is 35.4 Å². The van der Waals surface area contributed by atoms with Crippen molar-refractivity contribution < 1.29 is 4.79 Å². The summed E-state index contributed by atoms with van der Waals surface area (Å²) in [6.45, 7) is 3.41. The average Bonchev–Trinajstić information content (AvgIpc) is 3.12. The van der Waals surface area contributed by atoms with E-state index in [4.69, 9.17) is 0 Å². The molecule has 3 heterocycles. The van der Waals surface area contributed by atoms with E-state index in [2.05, 4.69) is 40.4 Å². The second-order valence-corrected chi connectivity index (χ2v) is 6.47. The normalized spacial score (nSPS) is 14.3. The lowest BCUT2D eigenvalue weighted by Gasteiger charge is -2.27. The quantitative estimate of drug-likeness (QED) is 0.736. The Kier molecular flexibility index (Phi) is 4.44. The maximum absolute atomic E-state index is 12.6. The summed E-state index contributed by atoms with van der Waals surface area (Å²) in [7, 11) is 0. The van der Waals surface area contributed by atoms with Crippen LogP contribution in [0, 0.1) is 0 Å². The molecule has 0 unspecified atom stereocenters. The number of benzene rings is 1.